The number of hydrogen-bond donors (Lipinski definition) is 4. The Morgan fingerprint density at radius 3 is 2.59 bits per heavy atom. The van der Waals surface area contributed by atoms with Gasteiger partial charge in [0.25, 0.3) is 0 Å². The van der Waals surface area contributed by atoms with E-state index in [1.54, 1.807) is 0 Å². The van der Waals surface area contributed by atoms with Gasteiger partial charge in [-0.2, -0.15) is 0 Å². The SMILES string of the molecule is O=C(N[C@@H](CC1CCCCC1)C(=O)N[C@H](CO)C[C@@H]1CCNC1=O)OCc1cccc(Br)c1.[H-].[Na+]. The maximum atomic E-state index is 13.1. The van der Waals surface area contributed by atoms with Crippen molar-refractivity contribution in [1.82, 2.24) is 16.0 Å². The van der Waals surface area contributed by atoms with E-state index in [-0.39, 0.29) is 61.9 Å². The molecule has 0 unspecified atom stereocenters. The van der Waals surface area contributed by atoms with E-state index in [0.29, 0.717) is 31.7 Å². The molecule has 0 spiro atoms. The molecule has 8 nitrogen and oxygen atoms in total. The summed E-state index contributed by atoms with van der Waals surface area (Å²) in [5.41, 5.74) is 0.836. The van der Waals surface area contributed by atoms with E-state index >= 15 is 0 Å². The molecule has 3 rings (SSSR count). The van der Waals surface area contributed by atoms with Crippen LogP contribution in [0.3, 0.4) is 0 Å². The van der Waals surface area contributed by atoms with Crippen molar-refractivity contribution in [2.75, 3.05) is 13.2 Å². The maximum absolute atomic E-state index is 13.1. The average Bonchev–Trinajstić information content (AvgIpc) is 3.21. The number of nitrogens with one attached hydrogen (secondary N) is 3. The second kappa shape index (κ2) is 15.1. The minimum Gasteiger partial charge on any atom is -1.00 e. The Morgan fingerprint density at radius 2 is 1.94 bits per heavy atom. The van der Waals surface area contributed by atoms with Crippen LogP contribution in [0.15, 0.2) is 28.7 Å². The van der Waals surface area contributed by atoms with Crippen LogP contribution >= 0.6 is 15.9 Å². The first-order valence-electron chi connectivity index (χ1n) is 11.8. The molecule has 1 saturated carbocycles. The van der Waals surface area contributed by atoms with Crippen molar-refractivity contribution in [2.45, 2.75) is 70.1 Å². The van der Waals surface area contributed by atoms with Gasteiger partial charge in [0, 0.05) is 16.9 Å². The Morgan fingerprint density at radius 1 is 1.18 bits per heavy atom. The van der Waals surface area contributed by atoms with Crippen LogP contribution in [0.1, 0.15) is 58.4 Å². The van der Waals surface area contributed by atoms with Gasteiger partial charge in [-0.15, -0.1) is 0 Å². The summed E-state index contributed by atoms with van der Waals surface area (Å²) in [7, 11) is 0. The fraction of sp³-hybridized carbons (Fsp3) is 0.625. The van der Waals surface area contributed by atoms with Gasteiger partial charge >= 0.3 is 35.7 Å². The van der Waals surface area contributed by atoms with Crippen LogP contribution in [0.4, 0.5) is 4.79 Å². The molecular weight excluding hydrogens is 513 g/mol. The number of aliphatic hydroxyl groups is 1. The van der Waals surface area contributed by atoms with Gasteiger partial charge in [-0.3, -0.25) is 9.59 Å². The van der Waals surface area contributed by atoms with E-state index in [0.717, 1.165) is 35.7 Å². The summed E-state index contributed by atoms with van der Waals surface area (Å²) in [6.45, 7) is 0.448. The molecular formula is C24H35BrN3NaO5. The minimum absolute atomic E-state index is 0. The van der Waals surface area contributed by atoms with Crippen LogP contribution < -0.4 is 45.5 Å². The molecule has 34 heavy (non-hydrogen) atoms. The van der Waals surface area contributed by atoms with Crippen molar-refractivity contribution in [3.05, 3.63) is 34.3 Å². The molecule has 1 saturated heterocycles. The molecule has 3 amide bonds. The zero-order valence-electron chi connectivity index (χ0n) is 20.9. The van der Waals surface area contributed by atoms with Gasteiger partial charge in [-0.1, -0.05) is 60.2 Å². The predicted octanol–water partition coefficient (Wildman–Crippen LogP) is 0.134. The van der Waals surface area contributed by atoms with E-state index in [1.807, 2.05) is 24.3 Å². The van der Waals surface area contributed by atoms with E-state index in [1.165, 1.54) is 6.42 Å². The number of alkyl carbamates (subject to hydrolysis) is 1. The molecule has 0 radical (unpaired) electrons. The van der Waals surface area contributed by atoms with Gasteiger partial charge in [-0.05, 0) is 42.9 Å². The summed E-state index contributed by atoms with van der Waals surface area (Å²) in [5, 5.41) is 18.1. The Labute approximate surface area is 233 Å². The van der Waals surface area contributed by atoms with Gasteiger partial charge in [0.15, 0.2) is 0 Å². The second-order valence-electron chi connectivity index (χ2n) is 9.04. The van der Waals surface area contributed by atoms with Crippen LogP contribution in [0.2, 0.25) is 0 Å². The third-order valence-electron chi connectivity index (χ3n) is 6.46. The number of benzene rings is 1. The molecule has 4 N–H and O–H groups in total. The number of halogens is 1. The van der Waals surface area contributed by atoms with Crippen molar-refractivity contribution in [3.8, 4) is 0 Å². The van der Waals surface area contributed by atoms with E-state index in [9.17, 15) is 19.5 Å². The van der Waals surface area contributed by atoms with E-state index in [4.69, 9.17) is 4.74 Å². The molecule has 2 aliphatic rings. The fourth-order valence-corrected chi connectivity index (χ4v) is 5.09. The zero-order valence-corrected chi connectivity index (χ0v) is 23.4. The predicted molar refractivity (Wildman–Crippen MR) is 128 cm³/mol. The number of aliphatic hydroxyl groups excluding tert-OH is 1. The molecule has 3 atom stereocenters. The largest absolute Gasteiger partial charge is 1.00 e. The summed E-state index contributed by atoms with van der Waals surface area (Å²) in [6, 6.07) is 6.18. The number of carbonyl (C=O) groups excluding carboxylic acids is 3. The molecule has 1 aromatic rings. The van der Waals surface area contributed by atoms with Gasteiger partial charge < -0.3 is 27.2 Å². The third kappa shape index (κ3) is 9.49. The van der Waals surface area contributed by atoms with Crippen LogP contribution in [-0.2, 0) is 20.9 Å². The standard InChI is InChI=1S/C24H34BrN3O5.Na.H/c25-19-8-4-7-17(11-19)15-33-24(32)28-21(12-16-5-2-1-3-6-16)23(31)27-20(14-29)13-18-9-10-26-22(18)30;;/h4,7-8,11,16,18,20-21,29H,1-3,5-6,9-10,12-15H2,(H,26,30)(H,27,31)(H,28,32);;/q;+1;-1/t18-,20-,21-;;/m0../s1. The first kappa shape index (κ1) is 29.1. The van der Waals surface area contributed by atoms with Crippen molar-refractivity contribution in [3.63, 3.8) is 0 Å². The monoisotopic (exact) mass is 547 g/mol. The normalized spacial score (nSPS) is 19.9. The summed E-state index contributed by atoms with van der Waals surface area (Å²) in [6.07, 6.45) is 6.46. The maximum Gasteiger partial charge on any atom is 1.00 e. The molecule has 0 aromatic heterocycles. The number of amides is 3. The van der Waals surface area contributed by atoms with Gasteiger partial charge in [-0.25, -0.2) is 4.79 Å². The molecule has 0 bridgehead atoms. The minimum atomic E-state index is -0.755. The Bertz CT molecular complexity index is 828. The van der Waals surface area contributed by atoms with Crippen LogP contribution in [0, 0.1) is 11.8 Å². The third-order valence-corrected chi connectivity index (χ3v) is 6.95. The van der Waals surface area contributed by atoms with E-state index < -0.39 is 18.2 Å². The Hall–Kier alpha value is -1.13. The van der Waals surface area contributed by atoms with Gasteiger partial charge in [0.2, 0.25) is 11.8 Å². The van der Waals surface area contributed by atoms with Crippen LogP contribution in [0.5, 0.6) is 0 Å². The molecule has 1 aliphatic carbocycles. The number of rotatable bonds is 10. The molecule has 1 aromatic carbocycles. The average molecular weight is 548 g/mol. The first-order chi connectivity index (χ1) is 15.9. The summed E-state index contributed by atoms with van der Waals surface area (Å²) >= 11 is 3.39. The summed E-state index contributed by atoms with van der Waals surface area (Å²) in [5.74, 6) is -0.261. The topological polar surface area (TPSA) is 117 Å². The van der Waals surface area contributed by atoms with Gasteiger partial charge in [0.05, 0.1) is 12.6 Å². The smallest absolute Gasteiger partial charge is 1.00 e. The molecule has 184 valence electrons. The van der Waals surface area contributed by atoms with Gasteiger partial charge in [0.1, 0.15) is 12.6 Å². The van der Waals surface area contributed by atoms with Crippen molar-refractivity contribution < 1.29 is 55.2 Å². The number of hydrogen-bond acceptors (Lipinski definition) is 5. The zero-order chi connectivity index (χ0) is 23.6. The summed E-state index contributed by atoms with van der Waals surface area (Å²) in [4.78, 5) is 37.5. The molecule has 1 aliphatic heterocycles. The molecule has 10 heteroatoms. The second-order valence-corrected chi connectivity index (χ2v) is 9.96. The van der Waals surface area contributed by atoms with Crippen molar-refractivity contribution >= 4 is 33.8 Å². The first-order valence-corrected chi connectivity index (χ1v) is 12.6. The fourth-order valence-electron chi connectivity index (χ4n) is 4.64. The number of carbonyl (C=O) groups is 3. The van der Waals surface area contributed by atoms with Crippen LogP contribution in [-0.4, -0.2) is 48.2 Å². The number of ether oxygens (including phenoxy) is 1. The van der Waals surface area contributed by atoms with E-state index in [2.05, 4.69) is 31.9 Å². The van der Waals surface area contributed by atoms with Crippen molar-refractivity contribution in [2.24, 2.45) is 11.8 Å². The van der Waals surface area contributed by atoms with Crippen molar-refractivity contribution in [1.29, 1.82) is 0 Å². The Kier molecular flexibility index (Phi) is 12.9. The Balaban J connectivity index is 0.00000306. The molecule has 2 fully saturated rings. The summed E-state index contributed by atoms with van der Waals surface area (Å²) < 4.78 is 6.25. The van der Waals surface area contributed by atoms with Crippen LogP contribution in [0.25, 0.3) is 0 Å². The molecule has 1 heterocycles. The quantitative estimate of drug-likeness (QED) is 0.311.